The van der Waals surface area contributed by atoms with Crippen molar-refractivity contribution in [1.29, 1.82) is 0 Å². The third-order valence-corrected chi connectivity index (χ3v) is 3.91. The third kappa shape index (κ3) is 4.69. The molecular weight excluding hydrogens is 309 g/mol. The van der Waals surface area contributed by atoms with Crippen molar-refractivity contribution in [1.82, 2.24) is 5.32 Å². The van der Waals surface area contributed by atoms with Gasteiger partial charge in [0.15, 0.2) is 11.5 Å². The van der Waals surface area contributed by atoms with E-state index >= 15 is 0 Å². The number of benzene rings is 2. The lowest BCUT2D eigenvalue weighted by molar-refractivity contribution is 0.166. The lowest BCUT2D eigenvalue weighted by Gasteiger charge is -2.18. The van der Waals surface area contributed by atoms with Gasteiger partial charge in [-0.15, -0.1) is 0 Å². The standard InChI is InChI=1S/C19H24FNO3/c1-13(10-14-8-9-18(23-2)19(11-14)24-3)21-12-17(22)15-6-4-5-7-16(15)20/h4-9,11,13,17,21-22H,10,12H2,1-3H3/t13?,17-/m0/s1. The normalized spacial score (nSPS) is 13.4. The van der Waals surface area contributed by atoms with Crippen molar-refractivity contribution < 1.29 is 19.0 Å². The molecule has 0 spiro atoms. The van der Waals surface area contributed by atoms with Crippen LogP contribution in [0.4, 0.5) is 4.39 Å². The fourth-order valence-electron chi connectivity index (χ4n) is 2.60. The summed E-state index contributed by atoms with van der Waals surface area (Å²) in [6.07, 6.45) is -0.122. The number of hydrogen-bond acceptors (Lipinski definition) is 4. The number of nitrogens with one attached hydrogen (secondary N) is 1. The summed E-state index contributed by atoms with van der Waals surface area (Å²) in [4.78, 5) is 0. The molecule has 0 bridgehead atoms. The van der Waals surface area contributed by atoms with Crippen LogP contribution < -0.4 is 14.8 Å². The Morgan fingerprint density at radius 1 is 1.08 bits per heavy atom. The second-order valence-electron chi connectivity index (χ2n) is 5.74. The van der Waals surface area contributed by atoms with Gasteiger partial charge >= 0.3 is 0 Å². The molecule has 4 nitrogen and oxygen atoms in total. The molecule has 0 saturated heterocycles. The van der Waals surface area contributed by atoms with E-state index in [-0.39, 0.29) is 18.4 Å². The molecule has 0 amide bonds. The Morgan fingerprint density at radius 3 is 2.46 bits per heavy atom. The van der Waals surface area contributed by atoms with Gasteiger partial charge < -0.3 is 19.9 Å². The van der Waals surface area contributed by atoms with E-state index in [0.29, 0.717) is 17.1 Å². The fraction of sp³-hybridized carbons (Fsp3) is 0.368. The minimum atomic E-state index is -0.876. The fourth-order valence-corrected chi connectivity index (χ4v) is 2.60. The maximum absolute atomic E-state index is 13.7. The highest BCUT2D eigenvalue weighted by Crippen LogP contribution is 2.28. The first-order chi connectivity index (χ1) is 11.5. The minimum Gasteiger partial charge on any atom is -0.493 e. The van der Waals surface area contributed by atoms with E-state index < -0.39 is 6.10 Å². The first kappa shape index (κ1) is 18.2. The topological polar surface area (TPSA) is 50.7 Å². The summed E-state index contributed by atoms with van der Waals surface area (Å²) in [6.45, 7) is 2.31. The molecule has 2 N–H and O–H groups in total. The van der Waals surface area contributed by atoms with Crippen LogP contribution in [0.2, 0.25) is 0 Å². The highest BCUT2D eigenvalue weighted by molar-refractivity contribution is 5.43. The van der Waals surface area contributed by atoms with E-state index in [4.69, 9.17) is 9.47 Å². The number of aliphatic hydroxyl groups excluding tert-OH is 1. The smallest absolute Gasteiger partial charge is 0.160 e. The Labute approximate surface area is 142 Å². The van der Waals surface area contributed by atoms with Gasteiger partial charge in [-0.1, -0.05) is 24.3 Å². The number of aliphatic hydroxyl groups is 1. The second kappa shape index (κ2) is 8.66. The molecule has 0 aliphatic rings. The van der Waals surface area contributed by atoms with Crippen LogP contribution in [0.1, 0.15) is 24.2 Å². The second-order valence-corrected chi connectivity index (χ2v) is 5.74. The molecular formula is C19H24FNO3. The van der Waals surface area contributed by atoms with Gasteiger partial charge in [0, 0.05) is 18.2 Å². The molecule has 0 radical (unpaired) electrons. The van der Waals surface area contributed by atoms with Crippen LogP contribution in [0.25, 0.3) is 0 Å². The van der Waals surface area contributed by atoms with E-state index in [9.17, 15) is 9.50 Å². The van der Waals surface area contributed by atoms with Gasteiger partial charge in [0.2, 0.25) is 0 Å². The molecule has 0 aliphatic heterocycles. The van der Waals surface area contributed by atoms with E-state index in [1.54, 1.807) is 32.4 Å². The molecule has 0 saturated carbocycles. The quantitative estimate of drug-likeness (QED) is 0.779. The Morgan fingerprint density at radius 2 is 1.79 bits per heavy atom. The van der Waals surface area contributed by atoms with Gasteiger partial charge in [-0.3, -0.25) is 0 Å². The first-order valence-corrected chi connectivity index (χ1v) is 7.92. The summed E-state index contributed by atoms with van der Waals surface area (Å²) in [7, 11) is 3.21. The van der Waals surface area contributed by atoms with E-state index in [2.05, 4.69) is 5.32 Å². The van der Waals surface area contributed by atoms with Gasteiger partial charge in [0.25, 0.3) is 0 Å². The zero-order valence-electron chi connectivity index (χ0n) is 14.3. The summed E-state index contributed by atoms with van der Waals surface area (Å²) in [6, 6.07) is 12.2. The monoisotopic (exact) mass is 333 g/mol. The van der Waals surface area contributed by atoms with Crippen LogP contribution in [-0.4, -0.2) is 31.9 Å². The molecule has 0 fully saturated rings. The van der Waals surface area contributed by atoms with Gasteiger partial charge in [-0.2, -0.15) is 0 Å². The van der Waals surface area contributed by atoms with Crippen molar-refractivity contribution in [3.63, 3.8) is 0 Å². The molecule has 2 aromatic rings. The molecule has 2 atom stereocenters. The van der Waals surface area contributed by atoms with Crippen molar-refractivity contribution in [2.45, 2.75) is 25.5 Å². The minimum absolute atomic E-state index is 0.115. The lowest BCUT2D eigenvalue weighted by atomic mass is 10.1. The summed E-state index contributed by atoms with van der Waals surface area (Å²) in [5.41, 5.74) is 1.40. The molecule has 0 heterocycles. The maximum Gasteiger partial charge on any atom is 0.160 e. The number of ether oxygens (including phenoxy) is 2. The Bertz CT molecular complexity index is 663. The van der Waals surface area contributed by atoms with Crippen LogP contribution in [0.5, 0.6) is 11.5 Å². The predicted octanol–water partition coefficient (Wildman–Crippen LogP) is 3.10. The van der Waals surface area contributed by atoms with E-state index in [0.717, 1.165) is 12.0 Å². The van der Waals surface area contributed by atoms with Crippen molar-refractivity contribution >= 4 is 0 Å². The molecule has 0 aliphatic carbocycles. The number of halogens is 1. The Hall–Kier alpha value is -2.11. The van der Waals surface area contributed by atoms with Crippen LogP contribution >= 0.6 is 0 Å². The molecule has 2 aromatic carbocycles. The molecule has 5 heteroatoms. The zero-order chi connectivity index (χ0) is 17.5. The third-order valence-electron chi connectivity index (χ3n) is 3.91. The van der Waals surface area contributed by atoms with Gasteiger partial charge in [-0.05, 0) is 37.1 Å². The van der Waals surface area contributed by atoms with Crippen LogP contribution in [0.15, 0.2) is 42.5 Å². The number of hydrogen-bond donors (Lipinski definition) is 2. The van der Waals surface area contributed by atoms with Crippen LogP contribution in [0, 0.1) is 5.82 Å². The number of rotatable bonds is 8. The SMILES string of the molecule is COc1ccc(CC(C)NC[C@H](O)c2ccccc2F)cc1OC. The average Bonchev–Trinajstić information content (AvgIpc) is 2.60. The summed E-state index contributed by atoms with van der Waals surface area (Å²) in [5, 5.41) is 13.4. The highest BCUT2D eigenvalue weighted by Gasteiger charge is 2.14. The van der Waals surface area contributed by atoms with E-state index in [1.807, 2.05) is 25.1 Å². The van der Waals surface area contributed by atoms with Gasteiger partial charge in [-0.25, -0.2) is 4.39 Å². The molecule has 2 rings (SSSR count). The van der Waals surface area contributed by atoms with Crippen molar-refractivity contribution in [3.05, 3.63) is 59.4 Å². The van der Waals surface area contributed by atoms with Gasteiger partial charge in [0.05, 0.1) is 20.3 Å². The van der Waals surface area contributed by atoms with Crippen LogP contribution in [-0.2, 0) is 6.42 Å². The van der Waals surface area contributed by atoms with Crippen LogP contribution in [0.3, 0.4) is 0 Å². The highest BCUT2D eigenvalue weighted by atomic mass is 19.1. The van der Waals surface area contributed by atoms with E-state index in [1.165, 1.54) is 6.07 Å². The summed E-state index contributed by atoms with van der Waals surface area (Å²) in [5.74, 6) is 0.991. The first-order valence-electron chi connectivity index (χ1n) is 7.92. The maximum atomic E-state index is 13.7. The van der Waals surface area contributed by atoms with Crippen molar-refractivity contribution in [2.24, 2.45) is 0 Å². The lowest BCUT2D eigenvalue weighted by Crippen LogP contribution is -2.32. The summed E-state index contributed by atoms with van der Waals surface area (Å²) < 4.78 is 24.2. The largest absolute Gasteiger partial charge is 0.493 e. The molecule has 0 aromatic heterocycles. The number of methoxy groups -OCH3 is 2. The Kier molecular flexibility index (Phi) is 6.58. The Balaban J connectivity index is 1.91. The summed E-state index contributed by atoms with van der Waals surface area (Å²) >= 11 is 0. The zero-order valence-corrected chi connectivity index (χ0v) is 14.3. The predicted molar refractivity (Wildman–Crippen MR) is 92.1 cm³/mol. The molecule has 1 unspecified atom stereocenters. The molecule has 24 heavy (non-hydrogen) atoms. The van der Waals surface area contributed by atoms with Gasteiger partial charge in [0.1, 0.15) is 5.82 Å². The average molecular weight is 333 g/mol. The van der Waals surface area contributed by atoms with Crippen molar-refractivity contribution in [2.75, 3.05) is 20.8 Å². The molecule has 130 valence electrons. The van der Waals surface area contributed by atoms with Crippen molar-refractivity contribution in [3.8, 4) is 11.5 Å².